The van der Waals surface area contributed by atoms with Gasteiger partial charge in [-0.1, -0.05) is 49.4 Å². The van der Waals surface area contributed by atoms with E-state index in [0.717, 1.165) is 5.56 Å². The number of amides is 1. The molecule has 0 saturated carbocycles. The van der Waals surface area contributed by atoms with Gasteiger partial charge in [0.15, 0.2) is 0 Å². The van der Waals surface area contributed by atoms with Crippen LogP contribution in [0.1, 0.15) is 35.2 Å². The molecule has 2 aromatic carbocycles. The fraction of sp³-hybridized carbons (Fsp3) is 0.176. The van der Waals surface area contributed by atoms with Gasteiger partial charge in [0.1, 0.15) is 0 Å². The second kappa shape index (κ2) is 6.70. The van der Waals surface area contributed by atoms with Crippen LogP contribution in [0.15, 0.2) is 54.6 Å². The Bertz CT molecular complexity index is 637. The molecule has 1 atom stereocenters. The lowest BCUT2D eigenvalue weighted by Gasteiger charge is -2.16. The number of hydrogen-bond donors (Lipinski definition) is 1. The zero-order valence-corrected chi connectivity index (χ0v) is 11.7. The normalized spacial score (nSPS) is 11.7. The number of anilines is 1. The van der Waals surface area contributed by atoms with E-state index in [1.807, 2.05) is 37.3 Å². The van der Waals surface area contributed by atoms with E-state index in [0.29, 0.717) is 12.1 Å². The minimum Gasteiger partial charge on any atom is -0.545 e. The Morgan fingerprint density at radius 1 is 1.10 bits per heavy atom. The summed E-state index contributed by atoms with van der Waals surface area (Å²) in [5.74, 6) is -1.68. The van der Waals surface area contributed by atoms with Crippen LogP contribution in [0.2, 0.25) is 0 Å². The van der Waals surface area contributed by atoms with Crippen molar-refractivity contribution in [3.05, 3.63) is 65.7 Å². The third-order valence-electron chi connectivity index (χ3n) is 3.29. The van der Waals surface area contributed by atoms with Gasteiger partial charge in [0.05, 0.1) is 11.9 Å². The molecule has 0 fully saturated rings. The van der Waals surface area contributed by atoms with Crippen LogP contribution in [0, 0.1) is 0 Å². The number of hydrogen-bond acceptors (Lipinski definition) is 3. The summed E-state index contributed by atoms with van der Waals surface area (Å²) in [6, 6.07) is 15.6. The first-order valence-electron chi connectivity index (χ1n) is 6.79. The number of carbonyl (C=O) groups excluding carboxylic acids is 2. The van der Waals surface area contributed by atoms with Gasteiger partial charge in [-0.2, -0.15) is 0 Å². The molecular weight excluding hydrogens is 266 g/mol. The molecule has 1 N–H and O–H groups in total. The van der Waals surface area contributed by atoms with Crippen LogP contribution in [0.3, 0.4) is 0 Å². The minimum atomic E-state index is -1.26. The predicted molar refractivity (Wildman–Crippen MR) is 78.9 cm³/mol. The third kappa shape index (κ3) is 3.69. The molecule has 0 saturated heterocycles. The fourth-order valence-corrected chi connectivity index (χ4v) is 2.21. The highest BCUT2D eigenvalue weighted by molar-refractivity contribution is 5.97. The lowest BCUT2D eigenvalue weighted by atomic mass is 9.95. The summed E-state index contributed by atoms with van der Waals surface area (Å²) < 4.78 is 0. The van der Waals surface area contributed by atoms with Crippen molar-refractivity contribution in [2.75, 3.05) is 5.32 Å². The number of rotatable bonds is 5. The molecule has 4 nitrogen and oxygen atoms in total. The van der Waals surface area contributed by atoms with E-state index in [4.69, 9.17) is 0 Å². The summed E-state index contributed by atoms with van der Waals surface area (Å²) in [6.45, 7) is 1.94. The Morgan fingerprint density at radius 3 is 2.43 bits per heavy atom. The van der Waals surface area contributed by atoms with Crippen LogP contribution in [0.5, 0.6) is 0 Å². The predicted octanol–water partition coefficient (Wildman–Crippen LogP) is 2.18. The van der Waals surface area contributed by atoms with Crippen molar-refractivity contribution in [2.24, 2.45) is 0 Å². The maximum atomic E-state index is 12.4. The first kappa shape index (κ1) is 14.8. The summed E-state index contributed by atoms with van der Waals surface area (Å²) in [4.78, 5) is 23.2. The molecule has 0 bridgehead atoms. The van der Waals surface area contributed by atoms with E-state index < -0.39 is 5.97 Å². The molecular formula is C17H16NO3-. The second-order valence-electron chi connectivity index (χ2n) is 4.73. The summed E-state index contributed by atoms with van der Waals surface area (Å²) in [5, 5.41) is 13.6. The monoisotopic (exact) mass is 282 g/mol. The number of nitrogens with one attached hydrogen (secondary N) is 1. The van der Waals surface area contributed by atoms with Gasteiger partial charge >= 0.3 is 0 Å². The van der Waals surface area contributed by atoms with Crippen LogP contribution in [0.4, 0.5) is 5.69 Å². The molecule has 0 radical (unpaired) electrons. The zero-order chi connectivity index (χ0) is 15.2. The molecule has 0 aromatic heterocycles. The highest BCUT2D eigenvalue weighted by Gasteiger charge is 2.18. The number of benzene rings is 2. The van der Waals surface area contributed by atoms with Gasteiger partial charge in [-0.05, 0) is 29.7 Å². The number of carboxylic acid groups (broad SMARTS) is 1. The quantitative estimate of drug-likeness (QED) is 0.913. The lowest BCUT2D eigenvalue weighted by molar-refractivity contribution is -0.255. The van der Waals surface area contributed by atoms with Gasteiger partial charge in [0, 0.05) is 5.69 Å². The van der Waals surface area contributed by atoms with E-state index in [1.165, 1.54) is 12.1 Å². The van der Waals surface area contributed by atoms with Gasteiger partial charge in [-0.15, -0.1) is 0 Å². The van der Waals surface area contributed by atoms with Gasteiger partial charge in [-0.25, -0.2) is 0 Å². The van der Waals surface area contributed by atoms with Gasteiger partial charge in [0.2, 0.25) is 5.91 Å². The van der Waals surface area contributed by atoms with Crippen molar-refractivity contribution >= 4 is 17.6 Å². The smallest absolute Gasteiger partial charge is 0.231 e. The van der Waals surface area contributed by atoms with Gasteiger partial charge in [-0.3, -0.25) is 4.79 Å². The van der Waals surface area contributed by atoms with E-state index >= 15 is 0 Å². The Morgan fingerprint density at radius 2 is 1.81 bits per heavy atom. The van der Waals surface area contributed by atoms with E-state index in [-0.39, 0.29) is 17.4 Å². The average molecular weight is 282 g/mol. The Balaban J connectivity index is 2.16. The molecule has 1 amide bonds. The maximum Gasteiger partial charge on any atom is 0.231 e. The maximum absolute atomic E-state index is 12.4. The first-order chi connectivity index (χ1) is 10.1. The largest absolute Gasteiger partial charge is 0.545 e. The molecule has 2 rings (SSSR count). The third-order valence-corrected chi connectivity index (χ3v) is 3.29. The SMILES string of the molecule is CC[C@@H](C(=O)Nc1cccc(C(=O)[O-])c1)c1ccccc1. The highest BCUT2D eigenvalue weighted by atomic mass is 16.4. The molecule has 0 aliphatic rings. The summed E-state index contributed by atoms with van der Waals surface area (Å²) in [6.07, 6.45) is 0.663. The Labute approximate surface area is 123 Å². The van der Waals surface area contributed by atoms with Crippen LogP contribution < -0.4 is 10.4 Å². The van der Waals surface area contributed by atoms with Crippen LogP contribution >= 0.6 is 0 Å². The molecule has 0 aliphatic heterocycles. The van der Waals surface area contributed by atoms with E-state index in [2.05, 4.69) is 5.32 Å². The van der Waals surface area contributed by atoms with Gasteiger partial charge < -0.3 is 15.2 Å². The zero-order valence-electron chi connectivity index (χ0n) is 11.7. The standard InChI is InChI=1S/C17H17NO3/c1-2-15(12-7-4-3-5-8-12)16(19)18-14-10-6-9-13(11-14)17(20)21/h3-11,15H,2H2,1H3,(H,18,19)(H,20,21)/p-1/t15-/m1/s1. The molecule has 0 heterocycles. The summed E-state index contributed by atoms with van der Waals surface area (Å²) >= 11 is 0. The van der Waals surface area contributed by atoms with E-state index in [1.54, 1.807) is 12.1 Å². The van der Waals surface area contributed by atoms with Crippen molar-refractivity contribution in [1.82, 2.24) is 0 Å². The molecule has 21 heavy (non-hydrogen) atoms. The van der Waals surface area contributed by atoms with E-state index in [9.17, 15) is 14.7 Å². The van der Waals surface area contributed by atoms with Crippen molar-refractivity contribution in [3.63, 3.8) is 0 Å². The molecule has 0 aliphatic carbocycles. The van der Waals surface area contributed by atoms with Crippen LogP contribution in [-0.4, -0.2) is 11.9 Å². The van der Waals surface area contributed by atoms with Crippen molar-refractivity contribution in [1.29, 1.82) is 0 Å². The first-order valence-corrected chi connectivity index (χ1v) is 6.79. The average Bonchev–Trinajstić information content (AvgIpc) is 2.49. The summed E-state index contributed by atoms with van der Waals surface area (Å²) in [7, 11) is 0. The van der Waals surface area contributed by atoms with Crippen molar-refractivity contribution in [2.45, 2.75) is 19.3 Å². The number of carboxylic acids is 1. The molecule has 0 unspecified atom stereocenters. The highest BCUT2D eigenvalue weighted by Crippen LogP contribution is 2.21. The summed E-state index contributed by atoms with van der Waals surface area (Å²) in [5.41, 5.74) is 1.44. The molecule has 108 valence electrons. The van der Waals surface area contributed by atoms with Gasteiger partial charge in [0.25, 0.3) is 0 Å². The Hall–Kier alpha value is -2.62. The topological polar surface area (TPSA) is 69.2 Å². The lowest BCUT2D eigenvalue weighted by Crippen LogP contribution is -2.23. The van der Waals surface area contributed by atoms with Crippen LogP contribution in [-0.2, 0) is 4.79 Å². The van der Waals surface area contributed by atoms with Crippen LogP contribution in [0.25, 0.3) is 0 Å². The van der Waals surface area contributed by atoms with Crippen molar-refractivity contribution < 1.29 is 14.7 Å². The van der Waals surface area contributed by atoms with Crippen molar-refractivity contribution in [3.8, 4) is 0 Å². The number of aromatic carboxylic acids is 1. The fourth-order valence-electron chi connectivity index (χ4n) is 2.21. The Kier molecular flexibility index (Phi) is 4.72. The minimum absolute atomic E-state index is 0.0422. The molecule has 0 spiro atoms. The molecule has 2 aromatic rings. The molecule has 4 heteroatoms. The number of carbonyl (C=O) groups is 2. The second-order valence-corrected chi connectivity index (χ2v) is 4.73.